The van der Waals surface area contributed by atoms with E-state index in [1.807, 2.05) is 18.0 Å². The molecule has 2 atom stereocenters. The predicted octanol–water partition coefficient (Wildman–Crippen LogP) is 2.27. The van der Waals surface area contributed by atoms with E-state index >= 15 is 0 Å². The first kappa shape index (κ1) is 12.6. The number of thiophene rings is 1. The van der Waals surface area contributed by atoms with Crippen molar-refractivity contribution in [2.24, 2.45) is 5.92 Å². The molecule has 1 saturated heterocycles. The Labute approximate surface area is 107 Å². The molecule has 2 heterocycles. The Bertz CT molecular complexity index is 358. The lowest BCUT2D eigenvalue weighted by Gasteiger charge is -2.30. The van der Waals surface area contributed by atoms with E-state index in [1.54, 1.807) is 11.3 Å². The van der Waals surface area contributed by atoms with Crippen molar-refractivity contribution in [1.29, 1.82) is 0 Å². The Hall–Kier alpha value is -0.870. The predicted molar refractivity (Wildman–Crippen MR) is 71.1 cm³/mol. The lowest BCUT2D eigenvalue weighted by atomic mass is 9.97. The number of carbonyl (C=O) groups is 1. The third-order valence-corrected chi connectivity index (χ3v) is 4.57. The van der Waals surface area contributed by atoms with Crippen LogP contribution in [0.4, 0.5) is 0 Å². The molecule has 1 aromatic heterocycles. The number of nitrogens with one attached hydrogen (secondary N) is 1. The van der Waals surface area contributed by atoms with Gasteiger partial charge in [0.2, 0.25) is 5.91 Å². The number of piperidine rings is 1. The van der Waals surface area contributed by atoms with Gasteiger partial charge in [0.1, 0.15) is 0 Å². The highest BCUT2D eigenvalue weighted by Gasteiger charge is 2.27. The highest BCUT2D eigenvalue weighted by molar-refractivity contribution is 7.10. The van der Waals surface area contributed by atoms with Crippen LogP contribution in [0.2, 0.25) is 0 Å². The molecule has 0 saturated carbocycles. The summed E-state index contributed by atoms with van der Waals surface area (Å²) in [6, 6.07) is 4.32. The number of nitrogens with zero attached hydrogens (tertiary/aromatic N) is 1. The Morgan fingerprint density at radius 3 is 3.06 bits per heavy atom. The molecule has 0 radical (unpaired) electrons. The van der Waals surface area contributed by atoms with E-state index in [0.717, 1.165) is 25.9 Å². The van der Waals surface area contributed by atoms with Crippen molar-refractivity contribution in [3.63, 3.8) is 0 Å². The van der Waals surface area contributed by atoms with E-state index in [0.29, 0.717) is 0 Å². The van der Waals surface area contributed by atoms with Gasteiger partial charge >= 0.3 is 0 Å². The second-order valence-corrected chi connectivity index (χ2v) is 5.66. The zero-order valence-corrected chi connectivity index (χ0v) is 11.3. The summed E-state index contributed by atoms with van der Waals surface area (Å²) in [5, 5.41) is 5.36. The topological polar surface area (TPSA) is 32.3 Å². The molecule has 3 nitrogen and oxygen atoms in total. The van der Waals surface area contributed by atoms with Gasteiger partial charge in [-0.2, -0.15) is 0 Å². The molecule has 1 aliphatic heterocycles. The van der Waals surface area contributed by atoms with Crippen LogP contribution in [0.25, 0.3) is 0 Å². The van der Waals surface area contributed by atoms with Crippen molar-refractivity contribution in [3.8, 4) is 0 Å². The van der Waals surface area contributed by atoms with Gasteiger partial charge in [0.05, 0.1) is 12.0 Å². The van der Waals surface area contributed by atoms with E-state index in [-0.39, 0.29) is 17.9 Å². The summed E-state index contributed by atoms with van der Waals surface area (Å²) in [7, 11) is 1.92. The third-order valence-electron chi connectivity index (χ3n) is 3.53. The van der Waals surface area contributed by atoms with Crippen molar-refractivity contribution < 1.29 is 4.79 Å². The van der Waals surface area contributed by atoms with Crippen molar-refractivity contribution in [2.75, 3.05) is 20.1 Å². The van der Waals surface area contributed by atoms with E-state index in [2.05, 4.69) is 23.7 Å². The maximum Gasteiger partial charge on any atom is 0.227 e. The summed E-state index contributed by atoms with van der Waals surface area (Å²) in [4.78, 5) is 15.5. The first-order chi connectivity index (χ1) is 8.20. The SMILES string of the molecule is CC(c1cccs1)N(C)C(=O)C1CCCNC1. The van der Waals surface area contributed by atoms with Crippen molar-refractivity contribution >= 4 is 17.2 Å². The van der Waals surface area contributed by atoms with Gasteiger partial charge in [0.25, 0.3) is 0 Å². The summed E-state index contributed by atoms with van der Waals surface area (Å²) in [5.41, 5.74) is 0. The molecule has 1 fully saturated rings. The van der Waals surface area contributed by atoms with Crippen LogP contribution in [0.5, 0.6) is 0 Å². The molecule has 0 aliphatic carbocycles. The maximum absolute atomic E-state index is 12.3. The lowest BCUT2D eigenvalue weighted by Crippen LogP contribution is -2.42. The normalized spacial score (nSPS) is 22.1. The number of hydrogen-bond acceptors (Lipinski definition) is 3. The van der Waals surface area contributed by atoms with Crippen LogP contribution in [-0.2, 0) is 4.79 Å². The Kier molecular flexibility index (Phi) is 4.18. The van der Waals surface area contributed by atoms with Crippen molar-refractivity contribution in [1.82, 2.24) is 10.2 Å². The second-order valence-electron chi connectivity index (χ2n) is 4.68. The van der Waals surface area contributed by atoms with Gasteiger partial charge in [-0.1, -0.05) is 6.07 Å². The molecule has 2 rings (SSSR count). The highest BCUT2D eigenvalue weighted by atomic mass is 32.1. The number of hydrogen-bond donors (Lipinski definition) is 1. The first-order valence-corrected chi connectivity index (χ1v) is 7.09. The smallest absolute Gasteiger partial charge is 0.227 e. The molecule has 1 aliphatic rings. The zero-order valence-electron chi connectivity index (χ0n) is 10.5. The summed E-state index contributed by atoms with van der Waals surface area (Å²) in [6.45, 7) is 3.98. The van der Waals surface area contributed by atoms with Crippen molar-refractivity contribution in [3.05, 3.63) is 22.4 Å². The largest absolute Gasteiger partial charge is 0.338 e. The minimum absolute atomic E-state index is 0.163. The molecule has 17 heavy (non-hydrogen) atoms. The third kappa shape index (κ3) is 2.87. The molecular formula is C13H20N2OS. The van der Waals surface area contributed by atoms with Gasteiger partial charge in [-0.25, -0.2) is 0 Å². The minimum atomic E-state index is 0.163. The monoisotopic (exact) mass is 252 g/mol. The van der Waals surface area contributed by atoms with E-state index < -0.39 is 0 Å². The van der Waals surface area contributed by atoms with Gasteiger partial charge < -0.3 is 10.2 Å². The zero-order chi connectivity index (χ0) is 12.3. The molecule has 0 spiro atoms. The highest BCUT2D eigenvalue weighted by Crippen LogP contribution is 2.25. The molecule has 1 aromatic rings. The Morgan fingerprint density at radius 2 is 2.47 bits per heavy atom. The summed E-state index contributed by atoms with van der Waals surface area (Å²) < 4.78 is 0. The van der Waals surface area contributed by atoms with Gasteiger partial charge in [-0.3, -0.25) is 4.79 Å². The minimum Gasteiger partial charge on any atom is -0.338 e. The number of amides is 1. The average Bonchev–Trinajstić information content (AvgIpc) is 2.91. The molecule has 1 N–H and O–H groups in total. The molecule has 94 valence electrons. The number of rotatable bonds is 3. The van der Waals surface area contributed by atoms with Crippen LogP contribution >= 0.6 is 11.3 Å². The van der Waals surface area contributed by atoms with E-state index in [1.165, 1.54) is 4.88 Å². The average molecular weight is 252 g/mol. The van der Waals surface area contributed by atoms with Crippen LogP contribution in [0.1, 0.15) is 30.7 Å². The Balaban J connectivity index is 1.98. The molecule has 4 heteroatoms. The van der Waals surface area contributed by atoms with E-state index in [9.17, 15) is 4.79 Å². The fraction of sp³-hybridized carbons (Fsp3) is 0.615. The molecule has 0 aromatic carbocycles. The van der Waals surface area contributed by atoms with Crippen LogP contribution in [0.3, 0.4) is 0 Å². The van der Waals surface area contributed by atoms with Crippen LogP contribution < -0.4 is 5.32 Å². The van der Waals surface area contributed by atoms with E-state index in [4.69, 9.17) is 0 Å². The first-order valence-electron chi connectivity index (χ1n) is 6.21. The second kappa shape index (κ2) is 5.65. The molecule has 1 amide bonds. The molecular weight excluding hydrogens is 232 g/mol. The summed E-state index contributed by atoms with van der Waals surface area (Å²) in [6.07, 6.45) is 2.13. The lowest BCUT2D eigenvalue weighted by molar-refractivity contribution is -0.136. The van der Waals surface area contributed by atoms with Crippen LogP contribution in [-0.4, -0.2) is 30.9 Å². The quantitative estimate of drug-likeness (QED) is 0.895. The Morgan fingerprint density at radius 1 is 1.65 bits per heavy atom. The van der Waals surface area contributed by atoms with Gasteiger partial charge in [0, 0.05) is 18.5 Å². The maximum atomic E-state index is 12.3. The molecule has 0 bridgehead atoms. The fourth-order valence-corrected chi connectivity index (χ4v) is 3.09. The van der Waals surface area contributed by atoms with Gasteiger partial charge in [0.15, 0.2) is 0 Å². The van der Waals surface area contributed by atoms with Crippen LogP contribution in [0.15, 0.2) is 17.5 Å². The van der Waals surface area contributed by atoms with Gasteiger partial charge in [-0.05, 0) is 37.8 Å². The standard InChI is InChI=1S/C13H20N2OS/c1-10(12-6-4-8-17-12)15(2)13(16)11-5-3-7-14-9-11/h4,6,8,10-11,14H,3,5,7,9H2,1-2H3. The number of carbonyl (C=O) groups excluding carboxylic acids is 1. The van der Waals surface area contributed by atoms with Gasteiger partial charge in [-0.15, -0.1) is 11.3 Å². The summed E-state index contributed by atoms with van der Waals surface area (Å²) in [5.74, 6) is 0.439. The fourth-order valence-electron chi connectivity index (χ4n) is 2.26. The molecule has 2 unspecified atom stereocenters. The van der Waals surface area contributed by atoms with Crippen LogP contribution in [0, 0.1) is 5.92 Å². The van der Waals surface area contributed by atoms with Crippen molar-refractivity contribution in [2.45, 2.75) is 25.8 Å². The summed E-state index contributed by atoms with van der Waals surface area (Å²) >= 11 is 1.71.